The second-order valence-electron chi connectivity index (χ2n) is 9.05. The topological polar surface area (TPSA) is 52.4 Å². The summed E-state index contributed by atoms with van der Waals surface area (Å²) in [6.07, 6.45) is 4.03. The number of nitrogens with zero attached hydrogens (tertiary/aromatic N) is 4. The Hall–Kier alpha value is -1.92. The van der Waals surface area contributed by atoms with Crippen molar-refractivity contribution in [2.45, 2.75) is 37.7 Å². The zero-order valence-electron chi connectivity index (χ0n) is 16.7. The Kier molecular flexibility index (Phi) is 3.66. The first-order chi connectivity index (χ1) is 13.7. The van der Waals surface area contributed by atoms with Gasteiger partial charge in [-0.15, -0.1) is 5.10 Å². The molecule has 1 aromatic heterocycles. The van der Waals surface area contributed by atoms with Crippen molar-refractivity contribution >= 4 is 0 Å². The summed E-state index contributed by atoms with van der Waals surface area (Å²) in [6.45, 7) is 5.26. The lowest BCUT2D eigenvalue weighted by Gasteiger charge is -2.28. The smallest absolute Gasteiger partial charge is 0.181 e. The fourth-order valence-electron chi connectivity index (χ4n) is 6.27. The second kappa shape index (κ2) is 6.04. The Morgan fingerprint density at radius 1 is 1.21 bits per heavy atom. The number of aromatic nitrogens is 3. The van der Waals surface area contributed by atoms with Crippen molar-refractivity contribution < 1.29 is 9.47 Å². The van der Waals surface area contributed by atoms with Gasteiger partial charge in [0.25, 0.3) is 0 Å². The van der Waals surface area contributed by atoms with E-state index in [1.165, 1.54) is 25.1 Å². The van der Waals surface area contributed by atoms with Gasteiger partial charge in [0.2, 0.25) is 0 Å². The summed E-state index contributed by atoms with van der Waals surface area (Å²) in [5.41, 5.74) is 1.35. The van der Waals surface area contributed by atoms with Gasteiger partial charge in [0, 0.05) is 18.5 Å². The third-order valence-electron chi connectivity index (χ3n) is 7.49. The first kappa shape index (κ1) is 17.0. The van der Waals surface area contributed by atoms with Crippen molar-refractivity contribution in [1.29, 1.82) is 0 Å². The van der Waals surface area contributed by atoms with Crippen LogP contribution in [0.2, 0.25) is 0 Å². The minimum absolute atomic E-state index is 0.0357. The Balaban J connectivity index is 1.40. The van der Waals surface area contributed by atoms with Crippen molar-refractivity contribution in [1.82, 2.24) is 19.7 Å². The lowest BCUT2D eigenvalue weighted by Crippen LogP contribution is -2.35. The van der Waals surface area contributed by atoms with Gasteiger partial charge in [-0.25, -0.2) is 9.67 Å². The number of benzene rings is 1. The quantitative estimate of drug-likeness (QED) is 0.798. The highest BCUT2D eigenvalue weighted by atomic mass is 16.5. The summed E-state index contributed by atoms with van der Waals surface area (Å²) in [6, 6.07) is 8.28. The number of rotatable bonds is 5. The predicted molar refractivity (Wildman–Crippen MR) is 105 cm³/mol. The van der Waals surface area contributed by atoms with Crippen LogP contribution in [0.5, 0.6) is 5.75 Å². The molecule has 0 N–H and O–H groups in total. The minimum atomic E-state index is -0.0357. The molecule has 4 aliphatic carbocycles. The Morgan fingerprint density at radius 2 is 2.00 bits per heavy atom. The van der Waals surface area contributed by atoms with E-state index in [0.717, 1.165) is 54.7 Å². The zero-order chi connectivity index (χ0) is 18.9. The van der Waals surface area contributed by atoms with Crippen molar-refractivity contribution in [2.24, 2.45) is 17.8 Å². The molecule has 6 heteroatoms. The van der Waals surface area contributed by atoms with E-state index < -0.39 is 0 Å². The van der Waals surface area contributed by atoms with Gasteiger partial charge in [-0.1, -0.05) is 0 Å². The van der Waals surface area contributed by atoms with E-state index >= 15 is 0 Å². The molecule has 4 bridgehead atoms. The number of ether oxygens (including phenoxy) is 2. The molecule has 4 saturated carbocycles. The Labute approximate surface area is 165 Å². The molecule has 5 aliphatic rings. The van der Waals surface area contributed by atoms with Crippen LogP contribution in [0.15, 0.2) is 24.3 Å². The number of morpholine rings is 1. The van der Waals surface area contributed by atoms with Gasteiger partial charge in [-0.05, 0) is 75.3 Å². The largest absolute Gasteiger partial charge is 0.494 e. The summed E-state index contributed by atoms with van der Waals surface area (Å²) in [4.78, 5) is 7.45. The van der Waals surface area contributed by atoms with Crippen LogP contribution in [0.25, 0.3) is 5.69 Å². The zero-order valence-corrected chi connectivity index (χ0v) is 16.7. The molecule has 1 aromatic carbocycles. The summed E-state index contributed by atoms with van der Waals surface area (Å²) >= 11 is 0. The summed E-state index contributed by atoms with van der Waals surface area (Å²) < 4.78 is 13.8. The lowest BCUT2D eigenvalue weighted by molar-refractivity contribution is -0.0254. The molecular weight excluding hydrogens is 352 g/mol. The van der Waals surface area contributed by atoms with Crippen LogP contribution in [-0.2, 0) is 10.2 Å². The molecule has 1 aliphatic heterocycles. The van der Waals surface area contributed by atoms with E-state index in [1.54, 1.807) is 0 Å². The van der Waals surface area contributed by atoms with Crippen LogP contribution in [-0.4, -0.2) is 53.0 Å². The average Bonchev–Trinajstić information content (AvgIpc) is 3.29. The summed E-state index contributed by atoms with van der Waals surface area (Å²) in [5.74, 6) is 5.48. The molecule has 0 amide bonds. The van der Waals surface area contributed by atoms with E-state index in [1.807, 2.05) is 19.1 Å². The Morgan fingerprint density at radius 3 is 2.64 bits per heavy atom. The molecule has 1 saturated heterocycles. The molecule has 0 spiro atoms. The lowest BCUT2D eigenvalue weighted by atomic mass is 10.0. The van der Waals surface area contributed by atoms with Crippen LogP contribution >= 0.6 is 0 Å². The van der Waals surface area contributed by atoms with E-state index in [0.29, 0.717) is 6.61 Å². The molecular formula is C22H28N4O2. The van der Waals surface area contributed by atoms with Crippen LogP contribution in [0, 0.1) is 17.8 Å². The van der Waals surface area contributed by atoms with E-state index in [9.17, 15) is 0 Å². The Bertz CT molecular complexity index is 880. The number of hydrogen-bond acceptors (Lipinski definition) is 5. The summed E-state index contributed by atoms with van der Waals surface area (Å²) in [5, 5.41) is 5.00. The average molecular weight is 380 g/mol. The summed E-state index contributed by atoms with van der Waals surface area (Å²) in [7, 11) is 2.14. The molecule has 6 nitrogen and oxygen atoms in total. The van der Waals surface area contributed by atoms with Gasteiger partial charge in [-0.3, -0.25) is 0 Å². The molecule has 148 valence electrons. The first-order valence-electron chi connectivity index (χ1n) is 10.7. The van der Waals surface area contributed by atoms with Gasteiger partial charge in [0.1, 0.15) is 17.7 Å². The van der Waals surface area contributed by atoms with Crippen LogP contribution in [0.1, 0.15) is 43.9 Å². The van der Waals surface area contributed by atoms with Crippen molar-refractivity contribution in [3.05, 3.63) is 35.9 Å². The highest BCUT2D eigenvalue weighted by molar-refractivity contribution is 5.43. The standard InChI is InChI=1S/C22H28N4O2/c1-3-27-16-6-4-15(5-7-16)26-21(22-12-14-10-17(22)18(22)11-14)23-20(24-26)19-13-25(2)8-9-28-19/h4-7,14,17-19H,3,8-13H2,1-2H3. The van der Waals surface area contributed by atoms with E-state index in [4.69, 9.17) is 19.6 Å². The molecule has 0 radical (unpaired) electrons. The third-order valence-corrected chi connectivity index (χ3v) is 7.49. The third kappa shape index (κ3) is 2.34. The fourth-order valence-corrected chi connectivity index (χ4v) is 6.27. The predicted octanol–water partition coefficient (Wildman–Crippen LogP) is 2.97. The number of hydrogen-bond donors (Lipinski definition) is 0. The van der Waals surface area contributed by atoms with Gasteiger partial charge >= 0.3 is 0 Å². The second-order valence-corrected chi connectivity index (χ2v) is 9.05. The van der Waals surface area contributed by atoms with Crippen molar-refractivity contribution in [3.63, 3.8) is 0 Å². The van der Waals surface area contributed by atoms with Gasteiger partial charge in [0.05, 0.1) is 18.9 Å². The highest BCUT2D eigenvalue weighted by Gasteiger charge is 2.77. The molecule has 7 rings (SSSR count). The molecule has 5 fully saturated rings. The monoisotopic (exact) mass is 380 g/mol. The highest BCUT2D eigenvalue weighted by Crippen LogP contribution is 2.79. The van der Waals surface area contributed by atoms with Crippen LogP contribution in [0.3, 0.4) is 0 Å². The van der Waals surface area contributed by atoms with Crippen LogP contribution in [0.4, 0.5) is 0 Å². The maximum atomic E-state index is 6.04. The van der Waals surface area contributed by atoms with Crippen LogP contribution < -0.4 is 4.74 Å². The first-order valence-corrected chi connectivity index (χ1v) is 10.7. The molecule has 2 heterocycles. The van der Waals surface area contributed by atoms with Gasteiger partial charge in [-0.2, -0.15) is 0 Å². The van der Waals surface area contributed by atoms with Gasteiger partial charge < -0.3 is 14.4 Å². The van der Waals surface area contributed by atoms with Crippen molar-refractivity contribution in [2.75, 3.05) is 33.4 Å². The normalized spacial score (nSPS) is 36.1. The maximum Gasteiger partial charge on any atom is 0.181 e. The molecule has 3 atom stereocenters. The van der Waals surface area contributed by atoms with E-state index in [-0.39, 0.29) is 11.5 Å². The van der Waals surface area contributed by atoms with Gasteiger partial charge in [0.15, 0.2) is 5.82 Å². The van der Waals surface area contributed by atoms with E-state index in [2.05, 4.69) is 28.8 Å². The van der Waals surface area contributed by atoms with Crippen molar-refractivity contribution in [3.8, 4) is 11.4 Å². The molecule has 28 heavy (non-hydrogen) atoms. The fraction of sp³-hybridized carbons (Fsp3) is 0.636. The molecule has 2 aromatic rings. The maximum absolute atomic E-state index is 6.04. The number of likely N-dealkylation sites (N-methyl/N-ethyl adjacent to an activating group) is 1. The minimum Gasteiger partial charge on any atom is -0.494 e. The molecule has 3 unspecified atom stereocenters. The SMILES string of the molecule is CCOc1ccc(-n2nc(C3CN(C)CCO3)nc2C23CC4CC2C3C4)cc1.